The van der Waals surface area contributed by atoms with E-state index in [4.69, 9.17) is 14.7 Å². The standard InChI is InChI=1S/C15H13N5O2S2/c1-9-12(3-5-22-9)13-18-19-15(20(13)16)24-8-11-7-23-14(17-11)10-2-4-21-6-10/h2-7H,8,16H2,1H3. The lowest BCUT2D eigenvalue weighted by Crippen LogP contribution is -2.11. The van der Waals surface area contributed by atoms with Crippen LogP contribution >= 0.6 is 23.1 Å². The number of nitrogens with two attached hydrogens (primary N) is 1. The summed E-state index contributed by atoms with van der Waals surface area (Å²) in [6.45, 7) is 1.86. The minimum Gasteiger partial charge on any atom is -0.472 e. The van der Waals surface area contributed by atoms with E-state index in [-0.39, 0.29) is 0 Å². The van der Waals surface area contributed by atoms with Gasteiger partial charge >= 0.3 is 0 Å². The van der Waals surface area contributed by atoms with Gasteiger partial charge in [0.25, 0.3) is 0 Å². The van der Waals surface area contributed by atoms with Crippen LogP contribution in [0, 0.1) is 6.92 Å². The van der Waals surface area contributed by atoms with Crippen molar-refractivity contribution in [3.05, 3.63) is 47.8 Å². The van der Waals surface area contributed by atoms with E-state index in [0.29, 0.717) is 16.7 Å². The van der Waals surface area contributed by atoms with E-state index >= 15 is 0 Å². The van der Waals surface area contributed by atoms with Gasteiger partial charge in [0.15, 0.2) is 5.82 Å². The average molecular weight is 359 g/mol. The molecule has 0 unspecified atom stereocenters. The third kappa shape index (κ3) is 2.72. The molecular weight excluding hydrogens is 346 g/mol. The van der Waals surface area contributed by atoms with Crippen molar-refractivity contribution in [2.24, 2.45) is 0 Å². The molecule has 0 bridgehead atoms. The molecule has 4 aromatic rings. The normalized spacial score (nSPS) is 11.2. The lowest BCUT2D eigenvalue weighted by Gasteiger charge is -2.01. The van der Waals surface area contributed by atoms with E-state index in [1.54, 1.807) is 30.1 Å². The van der Waals surface area contributed by atoms with Crippen molar-refractivity contribution in [3.8, 4) is 22.0 Å². The number of nitrogens with zero attached hydrogens (tertiary/aromatic N) is 4. The van der Waals surface area contributed by atoms with Gasteiger partial charge in [0.05, 0.1) is 23.8 Å². The summed E-state index contributed by atoms with van der Waals surface area (Å²) in [7, 11) is 0. The maximum absolute atomic E-state index is 6.11. The number of aryl methyl sites for hydroxylation is 1. The van der Waals surface area contributed by atoms with E-state index in [0.717, 1.165) is 27.6 Å². The molecule has 0 aromatic carbocycles. The average Bonchev–Trinajstić information content (AvgIpc) is 3.33. The Morgan fingerprint density at radius 2 is 2.21 bits per heavy atom. The summed E-state index contributed by atoms with van der Waals surface area (Å²) >= 11 is 3.07. The maximum Gasteiger partial charge on any atom is 0.210 e. The molecule has 0 aliphatic rings. The summed E-state index contributed by atoms with van der Waals surface area (Å²) in [5.74, 6) is 8.11. The number of hydrogen-bond donors (Lipinski definition) is 1. The molecule has 7 nitrogen and oxygen atoms in total. The van der Waals surface area contributed by atoms with Crippen molar-refractivity contribution in [2.45, 2.75) is 17.8 Å². The van der Waals surface area contributed by atoms with Crippen molar-refractivity contribution in [1.82, 2.24) is 19.9 Å². The number of thiazole rings is 1. The summed E-state index contributed by atoms with van der Waals surface area (Å²) in [6.07, 6.45) is 4.94. The summed E-state index contributed by atoms with van der Waals surface area (Å²) < 4.78 is 11.9. The van der Waals surface area contributed by atoms with E-state index in [1.807, 2.05) is 24.4 Å². The predicted molar refractivity (Wildman–Crippen MR) is 92.0 cm³/mol. The van der Waals surface area contributed by atoms with E-state index in [1.165, 1.54) is 16.4 Å². The van der Waals surface area contributed by atoms with Crippen LogP contribution in [0.3, 0.4) is 0 Å². The topological polar surface area (TPSA) is 95.9 Å². The van der Waals surface area contributed by atoms with Crippen molar-refractivity contribution >= 4 is 23.1 Å². The smallest absolute Gasteiger partial charge is 0.210 e. The van der Waals surface area contributed by atoms with Crippen molar-refractivity contribution in [3.63, 3.8) is 0 Å². The summed E-state index contributed by atoms with van der Waals surface area (Å²) in [5.41, 5.74) is 2.79. The molecular formula is C15H13N5O2S2. The molecule has 0 radical (unpaired) electrons. The predicted octanol–water partition coefficient (Wildman–Crippen LogP) is 3.57. The van der Waals surface area contributed by atoms with E-state index in [2.05, 4.69) is 15.2 Å². The van der Waals surface area contributed by atoms with Gasteiger partial charge in [-0.2, -0.15) is 0 Å². The first kappa shape index (κ1) is 15.0. The van der Waals surface area contributed by atoms with E-state index in [9.17, 15) is 0 Å². The van der Waals surface area contributed by atoms with Gasteiger partial charge in [-0.25, -0.2) is 9.66 Å². The van der Waals surface area contributed by atoms with Gasteiger partial charge in [-0.05, 0) is 19.1 Å². The number of hydrogen-bond acceptors (Lipinski definition) is 8. The fourth-order valence-electron chi connectivity index (χ4n) is 2.21. The molecule has 4 rings (SSSR count). The second-order valence-corrected chi connectivity index (χ2v) is 6.81. The Labute approximate surface area is 145 Å². The summed E-state index contributed by atoms with van der Waals surface area (Å²) in [5, 5.41) is 11.9. The van der Waals surface area contributed by atoms with Crippen molar-refractivity contribution in [2.75, 3.05) is 5.84 Å². The quantitative estimate of drug-likeness (QED) is 0.430. The minimum absolute atomic E-state index is 0.584. The third-order valence-corrected chi connectivity index (χ3v) is 5.35. The van der Waals surface area contributed by atoms with Gasteiger partial charge in [-0.3, -0.25) is 0 Å². The van der Waals surface area contributed by atoms with Crippen LogP contribution in [0.5, 0.6) is 0 Å². The molecule has 0 atom stereocenters. The highest BCUT2D eigenvalue weighted by molar-refractivity contribution is 7.98. The SMILES string of the molecule is Cc1occc1-c1nnc(SCc2csc(-c3ccoc3)n2)n1N. The molecule has 0 amide bonds. The second kappa shape index (κ2) is 6.17. The molecule has 2 N–H and O–H groups in total. The highest BCUT2D eigenvalue weighted by Crippen LogP contribution is 2.29. The Bertz CT molecular complexity index is 955. The highest BCUT2D eigenvalue weighted by Gasteiger charge is 2.16. The Kier molecular flexibility index (Phi) is 3.87. The van der Waals surface area contributed by atoms with Crippen LogP contribution in [0.15, 0.2) is 50.3 Å². The van der Waals surface area contributed by atoms with Gasteiger partial charge in [-0.1, -0.05) is 11.8 Å². The number of aromatic nitrogens is 4. The first-order valence-corrected chi connectivity index (χ1v) is 8.93. The number of rotatable bonds is 5. The summed E-state index contributed by atoms with van der Waals surface area (Å²) in [4.78, 5) is 4.59. The van der Waals surface area contributed by atoms with Gasteiger partial charge in [0.2, 0.25) is 5.16 Å². The van der Waals surface area contributed by atoms with Crippen LogP contribution in [-0.4, -0.2) is 19.9 Å². The monoisotopic (exact) mass is 359 g/mol. The maximum atomic E-state index is 6.11. The molecule has 0 saturated heterocycles. The number of furan rings is 2. The second-order valence-electron chi connectivity index (χ2n) is 5.01. The Morgan fingerprint density at radius 3 is 2.96 bits per heavy atom. The van der Waals surface area contributed by atoms with Gasteiger partial charge < -0.3 is 14.7 Å². The van der Waals surface area contributed by atoms with Crippen LogP contribution < -0.4 is 5.84 Å². The number of thioether (sulfide) groups is 1. The Morgan fingerprint density at radius 1 is 1.29 bits per heavy atom. The molecule has 24 heavy (non-hydrogen) atoms. The molecule has 0 aliphatic heterocycles. The largest absolute Gasteiger partial charge is 0.472 e. The lowest BCUT2D eigenvalue weighted by molar-refractivity contribution is 0.535. The van der Waals surface area contributed by atoms with Crippen molar-refractivity contribution in [1.29, 1.82) is 0 Å². The van der Waals surface area contributed by atoms with Gasteiger partial charge in [-0.15, -0.1) is 21.5 Å². The highest BCUT2D eigenvalue weighted by atomic mass is 32.2. The van der Waals surface area contributed by atoms with Gasteiger partial charge in [0, 0.05) is 16.7 Å². The molecule has 0 fully saturated rings. The molecule has 0 aliphatic carbocycles. The zero-order chi connectivity index (χ0) is 16.5. The van der Waals surface area contributed by atoms with Gasteiger partial charge in [0.1, 0.15) is 17.0 Å². The van der Waals surface area contributed by atoms with Crippen LogP contribution in [0.2, 0.25) is 0 Å². The molecule has 0 spiro atoms. The molecule has 122 valence electrons. The van der Waals surface area contributed by atoms with E-state index < -0.39 is 0 Å². The number of nitrogen functional groups attached to an aromatic ring is 1. The Hall–Kier alpha value is -2.52. The fourth-order valence-corrected chi connectivity index (χ4v) is 3.87. The molecule has 0 saturated carbocycles. The first-order valence-electron chi connectivity index (χ1n) is 7.07. The van der Waals surface area contributed by atoms with Crippen LogP contribution in [0.25, 0.3) is 22.0 Å². The lowest BCUT2D eigenvalue weighted by atomic mass is 10.2. The fraction of sp³-hybridized carbons (Fsp3) is 0.133. The Balaban J connectivity index is 1.49. The third-order valence-electron chi connectivity index (χ3n) is 3.43. The molecule has 4 aromatic heterocycles. The van der Waals surface area contributed by atoms with Crippen LogP contribution in [0.1, 0.15) is 11.5 Å². The van der Waals surface area contributed by atoms with Crippen LogP contribution in [-0.2, 0) is 5.75 Å². The molecule has 4 heterocycles. The zero-order valence-electron chi connectivity index (χ0n) is 12.7. The van der Waals surface area contributed by atoms with Crippen LogP contribution in [0.4, 0.5) is 0 Å². The first-order chi connectivity index (χ1) is 11.7. The molecule has 9 heteroatoms. The summed E-state index contributed by atoms with van der Waals surface area (Å²) in [6, 6.07) is 3.72. The van der Waals surface area contributed by atoms with Crippen molar-refractivity contribution < 1.29 is 8.83 Å². The minimum atomic E-state index is 0.584. The zero-order valence-corrected chi connectivity index (χ0v) is 14.3.